The molecule has 10 nitrogen and oxygen atoms in total. The fourth-order valence-electron chi connectivity index (χ4n) is 3.05. The van der Waals surface area contributed by atoms with Gasteiger partial charge in [0.1, 0.15) is 29.6 Å². The SMILES string of the molecule is CC(C)(C)OC(=O)Cn1c(=O)c(C(=O)NCc2ccc(Cl)cc2)cc2cc([N+](=O)[O-])cnc21. The van der Waals surface area contributed by atoms with Crippen LogP contribution in [0, 0.1) is 10.1 Å². The highest BCUT2D eigenvalue weighted by molar-refractivity contribution is 6.30. The standard InChI is InChI=1S/C22H21ClN4O6/c1-22(2,3)33-18(28)12-26-19-14(8-16(11-24-19)27(31)32)9-17(21(26)30)20(29)25-10-13-4-6-15(23)7-5-13/h4-9,11H,10,12H2,1-3H3,(H,25,29). The van der Waals surface area contributed by atoms with Crippen molar-refractivity contribution in [1.82, 2.24) is 14.9 Å². The van der Waals surface area contributed by atoms with Gasteiger partial charge in [-0.25, -0.2) is 4.98 Å². The first-order valence-corrected chi connectivity index (χ1v) is 10.2. The van der Waals surface area contributed by atoms with E-state index in [1.165, 1.54) is 12.1 Å². The van der Waals surface area contributed by atoms with Crippen molar-refractivity contribution in [2.24, 2.45) is 0 Å². The molecule has 172 valence electrons. The zero-order valence-corrected chi connectivity index (χ0v) is 18.9. The van der Waals surface area contributed by atoms with Gasteiger partial charge >= 0.3 is 5.97 Å². The molecule has 0 saturated heterocycles. The van der Waals surface area contributed by atoms with Crippen molar-refractivity contribution < 1.29 is 19.2 Å². The lowest BCUT2D eigenvalue weighted by Crippen LogP contribution is -2.36. The van der Waals surface area contributed by atoms with E-state index in [1.54, 1.807) is 45.0 Å². The number of carbonyl (C=O) groups excluding carboxylic acids is 2. The Balaban J connectivity index is 2.02. The summed E-state index contributed by atoms with van der Waals surface area (Å²) in [5.41, 5.74) is -1.41. The van der Waals surface area contributed by atoms with Crippen LogP contribution in [0.3, 0.4) is 0 Å². The summed E-state index contributed by atoms with van der Waals surface area (Å²) in [6, 6.07) is 9.17. The zero-order valence-electron chi connectivity index (χ0n) is 18.1. The minimum absolute atomic E-state index is 0.0192. The number of rotatable bonds is 6. The maximum absolute atomic E-state index is 13.1. The summed E-state index contributed by atoms with van der Waals surface area (Å²) in [4.78, 5) is 52.8. The highest BCUT2D eigenvalue weighted by Crippen LogP contribution is 2.19. The molecule has 1 amide bonds. The minimum atomic E-state index is -0.795. The number of halogens is 1. The van der Waals surface area contributed by atoms with E-state index >= 15 is 0 Å². The Kier molecular flexibility index (Phi) is 6.78. The number of ether oxygens (including phenoxy) is 1. The Bertz CT molecular complexity index is 1300. The third kappa shape index (κ3) is 5.92. The second-order valence-corrected chi connectivity index (χ2v) is 8.64. The van der Waals surface area contributed by atoms with Crippen LogP contribution in [0.5, 0.6) is 0 Å². The molecule has 0 bridgehead atoms. The molecule has 0 atom stereocenters. The lowest BCUT2D eigenvalue weighted by atomic mass is 10.1. The summed E-state index contributed by atoms with van der Waals surface area (Å²) in [5, 5.41) is 14.5. The number of pyridine rings is 2. The van der Waals surface area contributed by atoms with E-state index in [-0.39, 0.29) is 28.8 Å². The average Bonchev–Trinajstić information content (AvgIpc) is 2.73. The molecule has 2 aromatic heterocycles. The molecule has 1 aromatic carbocycles. The van der Waals surface area contributed by atoms with Gasteiger partial charge < -0.3 is 10.1 Å². The molecule has 0 saturated carbocycles. The Labute approximate surface area is 193 Å². The molecule has 0 spiro atoms. The number of nitro groups is 1. The summed E-state index contributed by atoms with van der Waals surface area (Å²) in [5.74, 6) is -1.42. The van der Waals surface area contributed by atoms with Gasteiger partial charge in [0.2, 0.25) is 0 Å². The first-order chi connectivity index (χ1) is 15.4. The highest BCUT2D eigenvalue weighted by Gasteiger charge is 2.22. The van der Waals surface area contributed by atoms with Gasteiger partial charge in [-0.2, -0.15) is 0 Å². The highest BCUT2D eigenvalue weighted by atomic mass is 35.5. The Hall–Kier alpha value is -3.79. The summed E-state index contributed by atoms with van der Waals surface area (Å²) in [6.45, 7) is 4.62. The fraction of sp³-hybridized carbons (Fsp3) is 0.273. The number of benzene rings is 1. The van der Waals surface area contributed by atoms with Gasteiger partial charge in [0.25, 0.3) is 17.2 Å². The van der Waals surface area contributed by atoms with Crippen molar-refractivity contribution in [3.63, 3.8) is 0 Å². The maximum atomic E-state index is 13.1. The van der Waals surface area contributed by atoms with Crippen molar-refractivity contribution in [2.75, 3.05) is 0 Å². The lowest BCUT2D eigenvalue weighted by Gasteiger charge is -2.20. The molecule has 0 unspecified atom stereocenters. The zero-order chi connectivity index (χ0) is 24.3. The predicted molar refractivity (Wildman–Crippen MR) is 121 cm³/mol. The first-order valence-electron chi connectivity index (χ1n) is 9.87. The number of hydrogen-bond donors (Lipinski definition) is 1. The van der Waals surface area contributed by atoms with Crippen LogP contribution in [0.2, 0.25) is 5.02 Å². The van der Waals surface area contributed by atoms with Crippen molar-refractivity contribution >= 4 is 40.2 Å². The van der Waals surface area contributed by atoms with Crippen molar-refractivity contribution in [3.8, 4) is 0 Å². The molecule has 0 aliphatic rings. The van der Waals surface area contributed by atoms with Gasteiger partial charge in [0.15, 0.2) is 0 Å². The summed E-state index contributed by atoms with van der Waals surface area (Å²) in [6.07, 6.45) is 0.980. The molecule has 3 rings (SSSR count). The van der Waals surface area contributed by atoms with Gasteiger partial charge in [-0.3, -0.25) is 29.1 Å². The number of hydrogen-bond acceptors (Lipinski definition) is 7. The topological polar surface area (TPSA) is 133 Å². The van der Waals surface area contributed by atoms with Crippen LogP contribution in [-0.4, -0.2) is 32.0 Å². The molecular formula is C22H21ClN4O6. The van der Waals surface area contributed by atoms with Gasteiger partial charge in [0, 0.05) is 23.0 Å². The van der Waals surface area contributed by atoms with E-state index in [0.29, 0.717) is 5.02 Å². The van der Waals surface area contributed by atoms with Crippen molar-refractivity contribution in [2.45, 2.75) is 39.5 Å². The van der Waals surface area contributed by atoms with E-state index in [2.05, 4.69) is 10.3 Å². The molecule has 3 aromatic rings. The van der Waals surface area contributed by atoms with E-state index in [0.717, 1.165) is 16.3 Å². The normalized spacial score (nSPS) is 11.3. The van der Waals surface area contributed by atoms with Gasteiger partial charge in [-0.05, 0) is 44.5 Å². The smallest absolute Gasteiger partial charge is 0.326 e. The van der Waals surface area contributed by atoms with Gasteiger partial charge in [-0.1, -0.05) is 23.7 Å². The third-order valence-corrected chi connectivity index (χ3v) is 4.69. The minimum Gasteiger partial charge on any atom is -0.459 e. The Morgan fingerprint density at radius 3 is 2.48 bits per heavy atom. The molecule has 2 heterocycles. The molecule has 0 fully saturated rings. The number of esters is 1. The third-order valence-electron chi connectivity index (χ3n) is 4.44. The van der Waals surface area contributed by atoms with Gasteiger partial charge in [-0.15, -0.1) is 0 Å². The number of nitrogens with zero attached hydrogens (tertiary/aromatic N) is 3. The molecule has 1 N–H and O–H groups in total. The monoisotopic (exact) mass is 472 g/mol. The molecule has 0 radical (unpaired) electrons. The maximum Gasteiger partial charge on any atom is 0.326 e. The molecule has 11 heteroatoms. The average molecular weight is 473 g/mol. The fourth-order valence-corrected chi connectivity index (χ4v) is 3.17. The summed E-state index contributed by atoms with van der Waals surface area (Å²) < 4.78 is 6.25. The van der Waals surface area contributed by atoms with Crippen LogP contribution < -0.4 is 10.9 Å². The number of aromatic nitrogens is 2. The van der Waals surface area contributed by atoms with E-state index < -0.39 is 34.5 Å². The summed E-state index contributed by atoms with van der Waals surface area (Å²) >= 11 is 5.86. The van der Waals surface area contributed by atoms with E-state index in [4.69, 9.17) is 16.3 Å². The van der Waals surface area contributed by atoms with Crippen LogP contribution in [-0.2, 0) is 22.6 Å². The Morgan fingerprint density at radius 1 is 1.21 bits per heavy atom. The van der Waals surface area contributed by atoms with Crippen molar-refractivity contribution in [1.29, 1.82) is 0 Å². The second kappa shape index (κ2) is 9.37. The number of fused-ring (bicyclic) bond motifs is 1. The van der Waals surface area contributed by atoms with E-state index in [1.807, 2.05) is 0 Å². The van der Waals surface area contributed by atoms with Crippen LogP contribution in [0.1, 0.15) is 36.7 Å². The number of carbonyl (C=O) groups is 2. The second-order valence-electron chi connectivity index (χ2n) is 8.21. The number of nitrogens with one attached hydrogen (secondary N) is 1. The van der Waals surface area contributed by atoms with E-state index in [9.17, 15) is 24.5 Å². The summed E-state index contributed by atoms with van der Waals surface area (Å²) in [7, 11) is 0. The first kappa shape index (κ1) is 23.9. The van der Waals surface area contributed by atoms with Gasteiger partial charge in [0.05, 0.1) is 4.92 Å². The lowest BCUT2D eigenvalue weighted by molar-refractivity contribution is -0.385. The van der Waals surface area contributed by atoms with Crippen molar-refractivity contribution in [3.05, 3.63) is 79.2 Å². The van der Waals surface area contributed by atoms with Crippen LogP contribution >= 0.6 is 11.6 Å². The number of amides is 1. The molecule has 0 aliphatic carbocycles. The molecule has 33 heavy (non-hydrogen) atoms. The quantitative estimate of drug-likeness (QED) is 0.330. The van der Waals surface area contributed by atoms with Crippen LogP contribution in [0.15, 0.2) is 47.4 Å². The predicted octanol–water partition coefficient (Wildman–Crippen LogP) is 3.23. The van der Waals surface area contributed by atoms with Crippen LogP contribution in [0.4, 0.5) is 5.69 Å². The molecular weight excluding hydrogens is 452 g/mol. The van der Waals surface area contributed by atoms with Crippen LogP contribution in [0.25, 0.3) is 11.0 Å². The Morgan fingerprint density at radius 2 is 1.88 bits per heavy atom. The largest absolute Gasteiger partial charge is 0.459 e. The molecule has 0 aliphatic heterocycles.